The molecular weight excluding hydrogens is 461 g/mol. The maximum atomic E-state index is 5.37. The van der Waals surface area contributed by atoms with Gasteiger partial charge in [0, 0.05) is 37.8 Å². The highest BCUT2D eigenvalue weighted by atomic mass is 127. The molecule has 1 aromatic rings. The Hall–Kier alpha value is -0.930. The van der Waals surface area contributed by atoms with Gasteiger partial charge >= 0.3 is 0 Å². The number of thioether (sulfide) groups is 1. The second-order valence-electron chi connectivity index (χ2n) is 5.28. The summed E-state index contributed by atoms with van der Waals surface area (Å²) < 4.78 is 10.6. The molecule has 0 aromatic heterocycles. The fraction of sp³-hybridized carbons (Fsp3) is 0.526. The third-order valence-electron chi connectivity index (χ3n) is 3.32. The van der Waals surface area contributed by atoms with Crippen LogP contribution in [0.3, 0.4) is 0 Å². The van der Waals surface area contributed by atoms with Gasteiger partial charge in [0.2, 0.25) is 0 Å². The Balaban J connectivity index is 0.00000625. The predicted molar refractivity (Wildman–Crippen MR) is 124 cm³/mol. The minimum Gasteiger partial charge on any atom is -0.497 e. The third kappa shape index (κ3) is 12.4. The van der Waals surface area contributed by atoms with Crippen molar-refractivity contribution in [2.24, 2.45) is 4.99 Å². The molecule has 2 N–H and O–H groups in total. The Labute approximate surface area is 179 Å². The second kappa shape index (κ2) is 17.5. The summed E-state index contributed by atoms with van der Waals surface area (Å²) in [7, 11) is 1.67. The maximum Gasteiger partial charge on any atom is 0.191 e. The van der Waals surface area contributed by atoms with Gasteiger partial charge in [-0.05, 0) is 31.0 Å². The first kappa shape index (κ1) is 25.1. The van der Waals surface area contributed by atoms with E-state index in [1.54, 1.807) is 7.11 Å². The van der Waals surface area contributed by atoms with Crippen LogP contribution in [0.15, 0.2) is 41.9 Å². The number of halogens is 1. The van der Waals surface area contributed by atoms with E-state index in [0.717, 1.165) is 61.5 Å². The van der Waals surface area contributed by atoms with E-state index in [9.17, 15) is 0 Å². The number of nitrogens with one attached hydrogen (secondary N) is 2. The zero-order valence-corrected chi connectivity index (χ0v) is 19.0. The summed E-state index contributed by atoms with van der Waals surface area (Å²) in [6.45, 7) is 9.62. The Morgan fingerprint density at radius 3 is 2.62 bits per heavy atom. The zero-order valence-electron chi connectivity index (χ0n) is 15.8. The largest absolute Gasteiger partial charge is 0.497 e. The average Bonchev–Trinajstić information content (AvgIpc) is 2.65. The summed E-state index contributed by atoms with van der Waals surface area (Å²) in [4.78, 5) is 4.67. The summed E-state index contributed by atoms with van der Waals surface area (Å²) in [6.07, 6.45) is 2.89. The maximum absolute atomic E-state index is 5.37. The monoisotopic (exact) mass is 493 g/mol. The van der Waals surface area contributed by atoms with Crippen LogP contribution in [0.5, 0.6) is 5.75 Å². The fourth-order valence-corrected chi connectivity index (χ4v) is 2.59. The van der Waals surface area contributed by atoms with Crippen molar-refractivity contribution in [1.82, 2.24) is 10.6 Å². The van der Waals surface area contributed by atoms with E-state index in [4.69, 9.17) is 9.47 Å². The molecule has 0 heterocycles. The molecule has 0 aliphatic carbocycles. The molecule has 0 radical (unpaired) electrons. The van der Waals surface area contributed by atoms with Crippen molar-refractivity contribution in [3.8, 4) is 5.75 Å². The van der Waals surface area contributed by atoms with Crippen LogP contribution >= 0.6 is 35.7 Å². The van der Waals surface area contributed by atoms with Crippen LogP contribution in [0.1, 0.15) is 18.9 Å². The summed E-state index contributed by atoms with van der Waals surface area (Å²) >= 11 is 1.85. The van der Waals surface area contributed by atoms with E-state index < -0.39 is 0 Å². The molecule has 0 bridgehead atoms. The molecule has 7 heteroatoms. The molecule has 0 saturated carbocycles. The molecule has 26 heavy (non-hydrogen) atoms. The van der Waals surface area contributed by atoms with Gasteiger partial charge in [-0.1, -0.05) is 18.2 Å². The van der Waals surface area contributed by atoms with E-state index >= 15 is 0 Å². The first-order chi connectivity index (χ1) is 12.3. The van der Waals surface area contributed by atoms with Crippen molar-refractivity contribution in [3.63, 3.8) is 0 Å². The van der Waals surface area contributed by atoms with Crippen LogP contribution in [0.25, 0.3) is 0 Å². The van der Waals surface area contributed by atoms with Gasteiger partial charge in [0.05, 0.1) is 13.7 Å². The number of methoxy groups -OCH3 is 1. The van der Waals surface area contributed by atoms with Crippen molar-refractivity contribution in [1.29, 1.82) is 0 Å². The van der Waals surface area contributed by atoms with Gasteiger partial charge in [0.1, 0.15) is 5.75 Å². The Morgan fingerprint density at radius 2 is 1.96 bits per heavy atom. The number of hydrogen-bond donors (Lipinski definition) is 2. The number of nitrogens with zero attached hydrogens (tertiary/aromatic N) is 1. The van der Waals surface area contributed by atoms with E-state index in [1.807, 2.05) is 49.0 Å². The molecule has 0 atom stereocenters. The molecule has 148 valence electrons. The summed E-state index contributed by atoms with van der Waals surface area (Å²) in [5.41, 5.74) is 1.15. The Kier molecular flexibility index (Phi) is 16.9. The molecule has 0 spiro atoms. The normalized spacial score (nSPS) is 10.8. The van der Waals surface area contributed by atoms with Crippen molar-refractivity contribution < 1.29 is 9.47 Å². The van der Waals surface area contributed by atoms with E-state index in [-0.39, 0.29) is 24.0 Å². The minimum atomic E-state index is 0. The smallest absolute Gasteiger partial charge is 0.191 e. The van der Waals surface area contributed by atoms with Crippen LogP contribution in [-0.2, 0) is 11.3 Å². The van der Waals surface area contributed by atoms with Gasteiger partial charge in [-0.25, -0.2) is 4.99 Å². The van der Waals surface area contributed by atoms with E-state index in [2.05, 4.69) is 22.2 Å². The second-order valence-corrected chi connectivity index (χ2v) is 6.43. The molecule has 0 saturated heterocycles. The lowest BCUT2D eigenvalue weighted by molar-refractivity contribution is 0.145. The predicted octanol–water partition coefficient (Wildman–Crippen LogP) is 3.69. The minimum absolute atomic E-state index is 0. The fourth-order valence-electron chi connectivity index (χ4n) is 2.01. The highest BCUT2D eigenvalue weighted by molar-refractivity contribution is 14.0. The summed E-state index contributed by atoms with van der Waals surface area (Å²) in [5.74, 6) is 3.70. The van der Waals surface area contributed by atoms with Crippen molar-refractivity contribution in [2.75, 3.05) is 44.9 Å². The van der Waals surface area contributed by atoms with Crippen LogP contribution in [0.4, 0.5) is 0 Å². The molecule has 1 aromatic carbocycles. The number of guanidine groups is 1. The molecule has 0 fully saturated rings. The molecular formula is C19H32IN3O2S. The lowest BCUT2D eigenvalue weighted by atomic mass is 10.2. The first-order valence-corrected chi connectivity index (χ1v) is 9.87. The molecule has 0 unspecified atom stereocenters. The van der Waals surface area contributed by atoms with Crippen LogP contribution in [0, 0.1) is 0 Å². The molecule has 0 amide bonds. The van der Waals surface area contributed by atoms with Gasteiger partial charge in [0.25, 0.3) is 0 Å². The summed E-state index contributed by atoms with van der Waals surface area (Å²) in [5, 5.41) is 6.75. The van der Waals surface area contributed by atoms with Gasteiger partial charge in [-0.3, -0.25) is 0 Å². The number of ether oxygens (including phenoxy) is 2. The SMILES string of the molecule is C=CCSCCNC(=NCc1ccc(OC)cc1)NCCCOCC.I. The van der Waals surface area contributed by atoms with Gasteiger partial charge < -0.3 is 20.1 Å². The first-order valence-electron chi connectivity index (χ1n) is 8.71. The van der Waals surface area contributed by atoms with Crippen LogP contribution in [-0.4, -0.2) is 50.9 Å². The van der Waals surface area contributed by atoms with Crippen molar-refractivity contribution in [3.05, 3.63) is 42.5 Å². The number of benzene rings is 1. The average molecular weight is 493 g/mol. The lowest BCUT2D eigenvalue weighted by Gasteiger charge is -2.12. The van der Waals surface area contributed by atoms with Crippen molar-refractivity contribution in [2.45, 2.75) is 19.9 Å². The molecule has 0 aliphatic heterocycles. The van der Waals surface area contributed by atoms with E-state index in [0.29, 0.717) is 6.54 Å². The summed E-state index contributed by atoms with van der Waals surface area (Å²) in [6, 6.07) is 7.99. The molecule has 0 aliphatic rings. The van der Waals surface area contributed by atoms with E-state index in [1.165, 1.54) is 0 Å². The van der Waals surface area contributed by atoms with Gasteiger partial charge in [-0.2, -0.15) is 11.8 Å². The van der Waals surface area contributed by atoms with Crippen molar-refractivity contribution >= 4 is 41.7 Å². The molecule has 1 rings (SSSR count). The number of aliphatic imine (C=N–C) groups is 1. The van der Waals surface area contributed by atoms with Crippen LogP contribution in [0.2, 0.25) is 0 Å². The number of rotatable bonds is 13. The standard InChI is InChI=1S/C19H31N3O2S.HI/c1-4-14-25-15-12-21-19(20-11-6-13-24-5-2)22-16-17-7-9-18(23-3)10-8-17;/h4,7-10H,1,5-6,11-16H2,2-3H3,(H2,20,21,22);1H. The third-order valence-corrected chi connectivity index (χ3v) is 4.28. The Morgan fingerprint density at radius 1 is 1.23 bits per heavy atom. The topological polar surface area (TPSA) is 54.9 Å². The zero-order chi connectivity index (χ0) is 18.2. The lowest BCUT2D eigenvalue weighted by Crippen LogP contribution is -2.39. The highest BCUT2D eigenvalue weighted by Crippen LogP contribution is 2.11. The quantitative estimate of drug-likeness (QED) is 0.144. The molecule has 5 nitrogen and oxygen atoms in total. The highest BCUT2D eigenvalue weighted by Gasteiger charge is 1.99. The van der Waals surface area contributed by atoms with Gasteiger partial charge in [0.15, 0.2) is 5.96 Å². The van der Waals surface area contributed by atoms with Gasteiger partial charge in [-0.15, -0.1) is 30.6 Å². The Bertz CT molecular complexity index is 498. The number of hydrogen-bond acceptors (Lipinski definition) is 4. The van der Waals surface area contributed by atoms with Crippen LogP contribution < -0.4 is 15.4 Å².